The van der Waals surface area contributed by atoms with Crippen molar-refractivity contribution in [3.63, 3.8) is 0 Å². The molecule has 0 saturated heterocycles. The van der Waals surface area contributed by atoms with Crippen LogP contribution < -0.4 is 20.1 Å². The van der Waals surface area contributed by atoms with Crippen LogP contribution in [0.2, 0.25) is 0 Å². The first-order valence-corrected chi connectivity index (χ1v) is 9.06. The van der Waals surface area contributed by atoms with Crippen LogP contribution in [0.1, 0.15) is 24.0 Å². The van der Waals surface area contributed by atoms with Crippen LogP contribution in [0.5, 0.6) is 11.5 Å². The lowest BCUT2D eigenvalue weighted by Gasteiger charge is -2.07. The fourth-order valence-corrected chi connectivity index (χ4v) is 2.95. The van der Waals surface area contributed by atoms with E-state index in [2.05, 4.69) is 26.6 Å². The summed E-state index contributed by atoms with van der Waals surface area (Å²) >= 11 is 3.39. The Balaban J connectivity index is 1.36. The summed E-state index contributed by atoms with van der Waals surface area (Å²) in [7, 11) is 0. The molecule has 2 N–H and O–H groups in total. The highest BCUT2D eigenvalue weighted by Gasteiger charge is 2.13. The van der Waals surface area contributed by atoms with Gasteiger partial charge in [-0.3, -0.25) is 9.59 Å². The zero-order valence-electron chi connectivity index (χ0n) is 14.1. The van der Waals surface area contributed by atoms with Gasteiger partial charge < -0.3 is 20.1 Å². The minimum Gasteiger partial charge on any atom is -0.454 e. The van der Waals surface area contributed by atoms with Crippen LogP contribution in [0.25, 0.3) is 0 Å². The van der Waals surface area contributed by atoms with Crippen molar-refractivity contribution in [1.29, 1.82) is 0 Å². The summed E-state index contributed by atoms with van der Waals surface area (Å²) in [5.41, 5.74) is 1.92. The molecule has 1 aliphatic heterocycles. The van der Waals surface area contributed by atoms with E-state index in [1.165, 1.54) is 0 Å². The van der Waals surface area contributed by atoms with Gasteiger partial charge in [-0.05, 0) is 35.4 Å². The SMILES string of the molecule is O=C(CCC(=O)NCc1ccc2c(c1)OCO2)NCc1cccc(Br)c1. The number of hydrogen-bond donors (Lipinski definition) is 2. The van der Waals surface area contributed by atoms with Gasteiger partial charge in [0.1, 0.15) is 0 Å². The van der Waals surface area contributed by atoms with Gasteiger partial charge in [-0.2, -0.15) is 0 Å². The molecule has 7 heteroatoms. The summed E-state index contributed by atoms with van der Waals surface area (Å²) < 4.78 is 11.5. The molecule has 3 rings (SSSR count). The Morgan fingerprint density at radius 2 is 1.54 bits per heavy atom. The van der Waals surface area contributed by atoms with Crippen molar-refractivity contribution in [2.75, 3.05) is 6.79 Å². The van der Waals surface area contributed by atoms with Crippen molar-refractivity contribution in [2.45, 2.75) is 25.9 Å². The Morgan fingerprint density at radius 1 is 0.885 bits per heavy atom. The largest absolute Gasteiger partial charge is 0.454 e. The molecule has 1 heterocycles. The smallest absolute Gasteiger partial charge is 0.231 e. The molecule has 2 aromatic rings. The third-order valence-electron chi connectivity index (χ3n) is 3.88. The van der Waals surface area contributed by atoms with E-state index in [-0.39, 0.29) is 31.4 Å². The molecule has 2 amide bonds. The molecule has 0 saturated carbocycles. The lowest BCUT2D eigenvalue weighted by molar-refractivity contribution is -0.126. The standard InChI is InChI=1S/C19H19BrN2O4/c20-15-3-1-2-13(8-15)10-21-18(23)6-7-19(24)22-11-14-4-5-16-17(9-14)26-12-25-16/h1-5,8-9H,6-7,10-12H2,(H,21,23)(H,22,24). The Morgan fingerprint density at radius 3 is 2.23 bits per heavy atom. The number of carbonyl (C=O) groups excluding carboxylic acids is 2. The maximum Gasteiger partial charge on any atom is 0.231 e. The van der Waals surface area contributed by atoms with E-state index in [0.717, 1.165) is 15.6 Å². The van der Waals surface area contributed by atoms with Crippen molar-refractivity contribution < 1.29 is 19.1 Å². The highest BCUT2D eigenvalue weighted by Crippen LogP contribution is 2.32. The van der Waals surface area contributed by atoms with Gasteiger partial charge in [0.25, 0.3) is 0 Å². The van der Waals surface area contributed by atoms with Gasteiger partial charge in [-0.15, -0.1) is 0 Å². The number of carbonyl (C=O) groups is 2. The zero-order valence-corrected chi connectivity index (χ0v) is 15.7. The Labute approximate surface area is 160 Å². The average molecular weight is 419 g/mol. The Hall–Kier alpha value is -2.54. The molecule has 0 unspecified atom stereocenters. The van der Waals surface area contributed by atoms with Gasteiger partial charge in [-0.1, -0.05) is 34.1 Å². The van der Waals surface area contributed by atoms with Gasteiger partial charge in [0.2, 0.25) is 18.6 Å². The fraction of sp³-hybridized carbons (Fsp3) is 0.263. The Bertz CT molecular complexity index is 810. The third-order valence-corrected chi connectivity index (χ3v) is 4.38. The lowest BCUT2D eigenvalue weighted by Crippen LogP contribution is -2.27. The van der Waals surface area contributed by atoms with Crippen LogP contribution in [0.4, 0.5) is 0 Å². The van der Waals surface area contributed by atoms with E-state index in [1.807, 2.05) is 42.5 Å². The molecule has 0 bridgehead atoms. The van der Waals surface area contributed by atoms with E-state index in [1.54, 1.807) is 0 Å². The van der Waals surface area contributed by atoms with Crippen molar-refractivity contribution in [1.82, 2.24) is 10.6 Å². The lowest BCUT2D eigenvalue weighted by atomic mass is 10.2. The van der Waals surface area contributed by atoms with Crippen LogP contribution in [-0.2, 0) is 22.7 Å². The fourth-order valence-electron chi connectivity index (χ4n) is 2.50. The molecule has 0 aromatic heterocycles. The number of amides is 2. The van der Waals surface area contributed by atoms with Crippen LogP contribution in [0, 0.1) is 0 Å². The second kappa shape index (κ2) is 8.71. The monoisotopic (exact) mass is 418 g/mol. The van der Waals surface area contributed by atoms with Crippen molar-refractivity contribution in [2.24, 2.45) is 0 Å². The normalized spacial score (nSPS) is 11.9. The molecule has 136 valence electrons. The molecular formula is C19H19BrN2O4. The van der Waals surface area contributed by atoms with Crippen LogP contribution in [0.15, 0.2) is 46.9 Å². The van der Waals surface area contributed by atoms with Crippen molar-refractivity contribution >= 4 is 27.7 Å². The number of fused-ring (bicyclic) bond motifs is 1. The molecule has 0 radical (unpaired) electrons. The first kappa shape index (κ1) is 18.3. The average Bonchev–Trinajstić information content (AvgIpc) is 3.11. The first-order valence-electron chi connectivity index (χ1n) is 8.26. The minimum atomic E-state index is -0.166. The van der Waals surface area contributed by atoms with E-state index in [4.69, 9.17) is 9.47 Å². The maximum atomic E-state index is 11.9. The summed E-state index contributed by atoms with van der Waals surface area (Å²) in [6, 6.07) is 13.2. The van der Waals surface area contributed by atoms with Crippen LogP contribution in [-0.4, -0.2) is 18.6 Å². The summed E-state index contributed by atoms with van der Waals surface area (Å²) in [5, 5.41) is 5.62. The van der Waals surface area contributed by atoms with Gasteiger partial charge in [0.05, 0.1) is 0 Å². The molecule has 0 fully saturated rings. The predicted octanol–water partition coefficient (Wildman–Crippen LogP) is 2.89. The summed E-state index contributed by atoms with van der Waals surface area (Å²) in [4.78, 5) is 23.8. The predicted molar refractivity (Wildman–Crippen MR) is 99.6 cm³/mol. The summed E-state index contributed by atoms with van der Waals surface area (Å²) in [6.45, 7) is 1.05. The Kier molecular flexibility index (Phi) is 6.12. The van der Waals surface area contributed by atoms with Crippen LogP contribution in [0.3, 0.4) is 0 Å². The molecule has 2 aromatic carbocycles. The second-order valence-electron chi connectivity index (χ2n) is 5.87. The molecular weight excluding hydrogens is 400 g/mol. The first-order chi connectivity index (χ1) is 12.6. The van der Waals surface area contributed by atoms with Gasteiger partial charge in [0.15, 0.2) is 11.5 Å². The van der Waals surface area contributed by atoms with E-state index < -0.39 is 0 Å². The maximum absolute atomic E-state index is 11.9. The molecule has 0 atom stereocenters. The number of rotatable bonds is 7. The van der Waals surface area contributed by atoms with Gasteiger partial charge >= 0.3 is 0 Å². The molecule has 1 aliphatic rings. The molecule has 0 aliphatic carbocycles. The summed E-state index contributed by atoms with van der Waals surface area (Å²) in [6.07, 6.45) is 0.301. The quantitative estimate of drug-likeness (QED) is 0.724. The van der Waals surface area contributed by atoms with Crippen molar-refractivity contribution in [3.05, 3.63) is 58.1 Å². The number of halogens is 1. The number of hydrogen-bond acceptors (Lipinski definition) is 4. The van der Waals surface area contributed by atoms with E-state index >= 15 is 0 Å². The van der Waals surface area contributed by atoms with E-state index in [9.17, 15) is 9.59 Å². The number of benzene rings is 2. The molecule has 26 heavy (non-hydrogen) atoms. The van der Waals surface area contributed by atoms with Gasteiger partial charge in [-0.25, -0.2) is 0 Å². The minimum absolute atomic E-state index is 0.148. The molecule has 6 nitrogen and oxygen atoms in total. The highest BCUT2D eigenvalue weighted by atomic mass is 79.9. The van der Waals surface area contributed by atoms with Crippen LogP contribution >= 0.6 is 15.9 Å². The number of nitrogens with one attached hydrogen (secondary N) is 2. The second-order valence-corrected chi connectivity index (χ2v) is 6.79. The number of ether oxygens (including phenoxy) is 2. The van der Waals surface area contributed by atoms with E-state index in [0.29, 0.717) is 24.6 Å². The third kappa shape index (κ3) is 5.23. The van der Waals surface area contributed by atoms with Crippen molar-refractivity contribution in [3.8, 4) is 11.5 Å². The highest BCUT2D eigenvalue weighted by molar-refractivity contribution is 9.10. The van der Waals surface area contributed by atoms with Gasteiger partial charge in [0, 0.05) is 30.4 Å². The topological polar surface area (TPSA) is 76.7 Å². The summed E-state index contributed by atoms with van der Waals surface area (Å²) in [5.74, 6) is 1.08. The molecule has 0 spiro atoms. The zero-order chi connectivity index (χ0) is 18.4.